The van der Waals surface area contributed by atoms with E-state index in [2.05, 4.69) is 23.3 Å². The van der Waals surface area contributed by atoms with Crippen LogP contribution in [0.25, 0.3) is 10.6 Å². The molecule has 1 N–H and O–H groups in total. The van der Waals surface area contributed by atoms with Crippen LogP contribution in [0.15, 0.2) is 36.5 Å². The van der Waals surface area contributed by atoms with Crippen LogP contribution in [0.2, 0.25) is 10.0 Å². The van der Waals surface area contributed by atoms with Crippen molar-refractivity contribution >= 4 is 34.5 Å². The van der Waals surface area contributed by atoms with Crippen molar-refractivity contribution in [3.05, 3.63) is 68.4 Å². The number of hydrogen-bond acceptors (Lipinski definition) is 6. The molecule has 1 aromatic carbocycles. The van der Waals surface area contributed by atoms with Gasteiger partial charge in [0.15, 0.2) is 0 Å². The minimum atomic E-state index is -0.0791. The van der Waals surface area contributed by atoms with Crippen molar-refractivity contribution in [1.29, 1.82) is 0 Å². The van der Waals surface area contributed by atoms with E-state index < -0.39 is 0 Å². The van der Waals surface area contributed by atoms with Gasteiger partial charge in [-0.05, 0) is 42.3 Å². The third kappa shape index (κ3) is 5.19. The number of aromatic nitrogens is 2. The molecule has 4 rings (SSSR count). The van der Waals surface area contributed by atoms with Gasteiger partial charge in [0, 0.05) is 40.6 Å². The molecule has 0 amide bonds. The van der Waals surface area contributed by atoms with E-state index in [9.17, 15) is 0 Å². The van der Waals surface area contributed by atoms with Gasteiger partial charge in [0.25, 0.3) is 0 Å². The Balaban J connectivity index is 1.56. The predicted molar refractivity (Wildman–Crippen MR) is 121 cm³/mol. The molecule has 1 unspecified atom stereocenters. The van der Waals surface area contributed by atoms with Gasteiger partial charge in [-0.3, -0.25) is 4.98 Å². The molecule has 3 aromatic rings. The van der Waals surface area contributed by atoms with Gasteiger partial charge in [0.05, 0.1) is 30.4 Å². The molecule has 0 bridgehead atoms. The van der Waals surface area contributed by atoms with Crippen LogP contribution in [-0.4, -0.2) is 29.7 Å². The number of thiazole rings is 1. The number of halogens is 2. The summed E-state index contributed by atoms with van der Waals surface area (Å²) in [5.41, 5.74) is 3.93. The molecule has 158 valence electrons. The summed E-state index contributed by atoms with van der Waals surface area (Å²) in [5.74, 6) is 0. The van der Waals surface area contributed by atoms with E-state index in [1.807, 2.05) is 18.3 Å². The first-order chi connectivity index (χ1) is 14.6. The number of aryl methyl sites for hydroxylation is 1. The molecule has 1 atom stereocenters. The lowest BCUT2D eigenvalue weighted by Gasteiger charge is -2.23. The highest BCUT2D eigenvalue weighted by Gasteiger charge is 2.24. The molecular formula is C22H23Cl2N3O2S. The lowest BCUT2D eigenvalue weighted by molar-refractivity contribution is 0.0230. The van der Waals surface area contributed by atoms with E-state index in [0.29, 0.717) is 29.9 Å². The summed E-state index contributed by atoms with van der Waals surface area (Å²) < 4.78 is 12.0. The number of ether oxygens (including phenoxy) is 2. The van der Waals surface area contributed by atoms with Gasteiger partial charge < -0.3 is 14.8 Å². The maximum atomic E-state index is 6.26. The van der Waals surface area contributed by atoms with Gasteiger partial charge in [-0.1, -0.05) is 30.1 Å². The maximum absolute atomic E-state index is 6.26. The molecule has 1 aliphatic heterocycles. The minimum Gasteiger partial charge on any atom is -0.371 e. The van der Waals surface area contributed by atoms with Crippen molar-refractivity contribution in [3.8, 4) is 10.6 Å². The number of pyridine rings is 1. The zero-order chi connectivity index (χ0) is 20.9. The normalized spacial score (nSPS) is 16.7. The average molecular weight is 464 g/mol. The summed E-state index contributed by atoms with van der Waals surface area (Å²) in [7, 11) is 0. The Morgan fingerprint density at radius 2 is 2.13 bits per heavy atom. The second-order valence-electron chi connectivity index (χ2n) is 7.01. The molecule has 1 fully saturated rings. The smallest absolute Gasteiger partial charge is 0.124 e. The van der Waals surface area contributed by atoms with Crippen molar-refractivity contribution in [3.63, 3.8) is 0 Å². The average Bonchev–Trinajstić information content (AvgIpc) is 3.21. The fourth-order valence-corrected chi connectivity index (χ4v) is 4.71. The van der Waals surface area contributed by atoms with E-state index in [4.69, 9.17) is 37.7 Å². The third-order valence-electron chi connectivity index (χ3n) is 4.88. The third-order valence-corrected chi connectivity index (χ3v) is 6.58. The molecular weight excluding hydrogens is 441 g/mol. The van der Waals surface area contributed by atoms with Crippen molar-refractivity contribution in [2.24, 2.45) is 0 Å². The predicted octanol–water partition coefficient (Wildman–Crippen LogP) is 5.45. The summed E-state index contributed by atoms with van der Waals surface area (Å²) in [6.45, 7) is 5.18. The molecule has 0 aliphatic carbocycles. The van der Waals surface area contributed by atoms with Crippen LogP contribution in [0, 0.1) is 0 Å². The Kier molecular flexibility index (Phi) is 7.36. The largest absolute Gasteiger partial charge is 0.371 e. The fourth-order valence-electron chi connectivity index (χ4n) is 3.30. The SMILES string of the molecule is CCc1cc(-c2nc(C3CNCCO3)c(COCc3cc(Cl)ccc3Cl)s2)ccn1. The van der Waals surface area contributed by atoms with Crippen LogP contribution >= 0.6 is 34.5 Å². The highest BCUT2D eigenvalue weighted by molar-refractivity contribution is 7.15. The second-order valence-corrected chi connectivity index (χ2v) is 8.94. The lowest BCUT2D eigenvalue weighted by atomic mass is 10.2. The van der Waals surface area contributed by atoms with Crippen LogP contribution in [0.5, 0.6) is 0 Å². The number of benzene rings is 1. The first-order valence-electron chi connectivity index (χ1n) is 9.93. The van der Waals surface area contributed by atoms with Crippen molar-refractivity contribution < 1.29 is 9.47 Å². The van der Waals surface area contributed by atoms with E-state index in [1.165, 1.54) is 0 Å². The summed E-state index contributed by atoms with van der Waals surface area (Å²) in [6, 6.07) is 9.49. The molecule has 0 spiro atoms. The monoisotopic (exact) mass is 463 g/mol. The topological polar surface area (TPSA) is 56.3 Å². The summed E-state index contributed by atoms with van der Waals surface area (Å²) in [6.07, 6.45) is 2.65. The first kappa shape index (κ1) is 21.7. The zero-order valence-corrected chi connectivity index (χ0v) is 19.0. The van der Waals surface area contributed by atoms with Gasteiger partial charge in [0.1, 0.15) is 11.1 Å². The van der Waals surface area contributed by atoms with E-state index in [-0.39, 0.29) is 6.10 Å². The number of hydrogen-bond donors (Lipinski definition) is 1. The quantitative estimate of drug-likeness (QED) is 0.504. The Morgan fingerprint density at radius 3 is 2.93 bits per heavy atom. The lowest BCUT2D eigenvalue weighted by Crippen LogP contribution is -2.33. The summed E-state index contributed by atoms with van der Waals surface area (Å²) in [5, 5.41) is 5.62. The summed E-state index contributed by atoms with van der Waals surface area (Å²) >= 11 is 14.0. The number of rotatable bonds is 7. The van der Waals surface area contributed by atoms with Gasteiger partial charge in [-0.15, -0.1) is 11.3 Å². The summed E-state index contributed by atoms with van der Waals surface area (Å²) in [4.78, 5) is 10.4. The van der Waals surface area contributed by atoms with Gasteiger partial charge in [-0.2, -0.15) is 0 Å². The standard InChI is InChI=1S/C22H23Cl2N3O2S/c1-2-17-10-14(5-6-26-17)22-27-21(19-11-25-7-8-29-19)20(30-22)13-28-12-15-9-16(23)3-4-18(15)24/h3-6,9-10,19,25H,2,7-8,11-13H2,1H3. The van der Waals surface area contributed by atoms with E-state index >= 15 is 0 Å². The van der Waals surface area contributed by atoms with Crippen molar-refractivity contribution in [2.75, 3.05) is 19.7 Å². The molecule has 1 aliphatic rings. The van der Waals surface area contributed by atoms with E-state index in [0.717, 1.165) is 51.9 Å². The van der Waals surface area contributed by atoms with Crippen LogP contribution < -0.4 is 5.32 Å². The zero-order valence-electron chi connectivity index (χ0n) is 16.7. The molecule has 5 nitrogen and oxygen atoms in total. The molecule has 30 heavy (non-hydrogen) atoms. The Hall–Kier alpha value is -1.54. The molecule has 0 saturated carbocycles. The van der Waals surface area contributed by atoms with Gasteiger partial charge in [-0.25, -0.2) is 4.98 Å². The van der Waals surface area contributed by atoms with Gasteiger partial charge >= 0.3 is 0 Å². The van der Waals surface area contributed by atoms with E-state index in [1.54, 1.807) is 23.5 Å². The molecule has 3 heterocycles. The van der Waals surface area contributed by atoms with Gasteiger partial charge in [0.2, 0.25) is 0 Å². The Bertz CT molecular complexity index is 1010. The van der Waals surface area contributed by atoms with Crippen LogP contribution in [0.1, 0.15) is 34.9 Å². The fraction of sp³-hybridized carbons (Fsp3) is 0.364. The second kappa shape index (κ2) is 10.2. The number of nitrogens with one attached hydrogen (secondary N) is 1. The maximum Gasteiger partial charge on any atom is 0.124 e. The van der Waals surface area contributed by atoms with Crippen LogP contribution in [-0.2, 0) is 29.1 Å². The number of morpholine rings is 1. The molecule has 8 heteroatoms. The Morgan fingerprint density at radius 1 is 1.23 bits per heavy atom. The highest BCUT2D eigenvalue weighted by Crippen LogP contribution is 2.34. The van der Waals surface area contributed by atoms with Crippen LogP contribution in [0.4, 0.5) is 0 Å². The minimum absolute atomic E-state index is 0.0791. The molecule has 1 saturated heterocycles. The highest BCUT2D eigenvalue weighted by atomic mass is 35.5. The molecule has 0 radical (unpaired) electrons. The first-order valence-corrected chi connectivity index (χ1v) is 11.5. The van der Waals surface area contributed by atoms with Crippen molar-refractivity contribution in [2.45, 2.75) is 32.7 Å². The number of nitrogens with zero attached hydrogens (tertiary/aromatic N) is 2. The van der Waals surface area contributed by atoms with Crippen molar-refractivity contribution in [1.82, 2.24) is 15.3 Å². The molecule has 2 aromatic heterocycles. The van der Waals surface area contributed by atoms with Crippen LogP contribution in [0.3, 0.4) is 0 Å². The Labute approximate surface area is 190 Å².